The molecule has 0 spiro atoms. The molecule has 0 saturated carbocycles. The second-order valence-corrected chi connectivity index (χ2v) is 6.18. The molecule has 0 N–H and O–H groups in total. The maximum absolute atomic E-state index is 13.8. The summed E-state index contributed by atoms with van der Waals surface area (Å²) in [5.41, 5.74) is -0.244. The summed E-state index contributed by atoms with van der Waals surface area (Å²) < 4.78 is 27.2. The summed E-state index contributed by atoms with van der Waals surface area (Å²) in [6, 6.07) is 1.73. The van der Waals surface area contributed by atoms with Gasteiger partial charge in [0.15, 0.2) is 0 Å². The maximum Gasteiger partial charge on any atom is 0.256 e. The average molecular weight is 367 g/mol. The summed E-state index contributed by atoms with van der Waals surface area (Å²) in [5, 5.41) is 0.568. The molecule has 1 aromatic carbocycles. The van der Waals surface area contributed by atoms with Crippen LogP contribution in [0.2, 0.25) is 5.02 Å². The number of amides is 1. The van der Waals surface area contributed by atoms with Crippen molar-refractivity contribution in [3.63, 3.8) is 0 Å². The molecular weight excluding hydrogens is 352 g/mol. The van der Waals surface area contributed by atoms with Crippen molar-refractivity contribution in [3.8, 4) is 0 Å². The number of likely N-dealkylation sites (tertiary alicyclic amines) is 1. The molecular formula is C14H15BrClF2NO. The Morgan fingerprint density at radius 2 is 2.15 bits per heavy atom. The smallest absolute Gasteiger partial charge is 0.256 e. The summed E-state index contributed by atoms with van der Waals surface area (Å²) in [4.78, 5) is 13.9. The van der Waals surface area contributed by atoms with Gasteiger partial charge >= 0.3 is 0 Å². The Hall–Kier alpha value is -0.680. The average Bonchev–Trinajstić information content (AvgIpc) is 2.43. The van der Waals surface area contributed by atoms with Crippen LogP contribution in [-0.2, 0) is 0 Å². The first-order valence-electron chi connectivity index (χ1n) is 6.52. The Labute approximate surface area is 130 Å². The third-order valence-corrected chi connectivity index (χ3v) is 4.31. The molecule has 1 amide bonds. The molecule has 0 bridgehead atoms. The molecule has 1 saturated heterocycles. The number of carbonyl (C=O) groups is 1. The minimum atomic E-state index is -0.774. The monoisotopic (exact) mass is 365 g/mol. The molecule has 1 aliphatic heterocycles. The zero-order valence-corrected chi connectivity index (χ0v) is 13.2. The number of halogens is 4. The van der Waals surface area contributed by atoms with Crippen LogP contribution in [0.15, 0.2) is 12.1 Å². The van der Waals surface area contributed by atoms with Crippen LogP contribution in [0.25, 0.3) is 0 Å². The molecule has 0 aliphatic carbocycles. The number of rotatable bonds is 3. The van der Waals surface area contributed by atoms with Crippen molar-refractivity contribution in [2.45, 2.75) is 19.3 Å². The van der Waals surface area contributed by atoms with Crippen molar-refractivity contribution in [3.05, 3.63) is 34.4 Å². The minimum Gasteiger partial charge on any atom is -0.338 e. The highest BCUT2D eigenvalue weighted by Gasteiger charge is 2.26. The van der Waals surface area contributed by atoms with Gasteiger partial charge in [-0.15, -0.1) is 0 Å². The molecule has 2 nitrogen and oxygen atoms in total. The highest BCUT2D eigenvalue weighted by Crippen LogP contribution is 2.24. The second-order valence-electron chi connectivity index (χ2n) is 4.98. The molecule has 2 rings (SSSR count). The van der Waals surface area contributed by atoms with E-state index in [1.54, 1.807) is 4.90 Å². The summed E-state index contributed by atoms with van der Waals surface area (Å²) in [6.45, 7) is 1.18. The highest BCUT2D eigenvalue weighted by atomic mass is 79.9. The van der Waals surface area contributed by atoms with Gasteiger partial charge in [-0.3, -0.25) is 4.79 Å². The molecule has 6 heteroatoms. The van der Waals surface area contributed by atoms with Gasteiger partial charge in [-0.2, -0.15) is 0 Å². The third kappa shape index (κ3) is 3.50. The molecule has 1 atom stereocenters. The molecule has 110 valence electrons. The SMILES string of the molecule is O=C(c1cc(F)c(Cl)cc1F)N1CCCC(CCBr)C1. The molecule has 20 heavy (non-hydrogen) atoms. The molecule has 1 aromatic rings. The first-order valence-corrected chi connectivity index (χ1v) is 8.02. The van der Waals surface area contributed by atoms with Gasteiger partial charge in [0.05, 0.1) is 10.6 Å². The van der Waals surface area contributed by atoms with Crippen molar-refractivity contribution < 1.29 is 13.6 Å². The van der Waals surface area contributed by atoms with Crippen LogP contribution in [0.5, 0.6) is 0 Å². The fourth-order valence-corrected chi connectivity index (χ4v) is 3.29. The Morgan fingerprint density at radius 3 is 2.85 bits per heavy atom. The number of benzene rings is 1. The summed E-state index contributed by atoms with van der Waals surface area (Å²) in [6.07, 6.45) is 2.93. The van der Waals surface area contributed by atoms with Gasteiger partial charge in [-0.1, -0.05) is 27.5 Å². The van der Waals surface area contributed by atoms with Gasteiger partial charge in [0, 0.05) is 18.4 Å². The van der Waals surface area contributed by atoms with E-state index in [2.05, 4.69) is 15.9 Å². The van der Waals surface area contributed by atoms with E-state index in [1.807, 2.05) is 0 Å². The Morgan fingerprint density at radius 1 is 1.40 bits per heavy atom. The standard InChI is InChI=1S/C14H15BrClF2NO/c15-4-3-9-2-1-5-19(8-9)14(20)10-6-13(18)11(16)7-12(10)17/h6-7,9H,1-5,8H2. The van der Waals surface area contributed by atoms with Crippen LogP contribution in [0, 0.1) is 17.6 Å². The number of piperidine rings is 1. The summed E-state index contributed by atoms with van der Waals surface area (Å²) >= 11 is 8.88. The van der Waals surface area contributed by atoms with Crippen molar-refractivity contribution in [2.24, 2.45) is 5.92 Å². The Balaban J connectivity index is 2.16. The summed E-state index contributed by atoms with van der Waals surface area (Å²) in [5.74, 6) is -1.60. The van der Waals surface area contributed by atoms with Gasteiger partial charge in [0.2, 0.25) is 0 Å². The van der Waals surface area contributed by atoms with Crippen molar-refractivity contribution in [2.75, 3.05) is 18.4 Å². The molecule has 0 radical (unpaired) electrons. The highest BCUT2D eigenvalue weighted by molar-refractivity contribution is 9.09. The number of carbonyl (C=O) groups excluding carboxylic acids is 1. The molecule has 1 aliphatic rings. The second kappa shape index (κ2) is 6.85. The van der Waals surface area contributed by atoms with E-state index in [1.165, 1.54) is 0 Å². The van der Waals surface area contributed by atoms with E-state index in [0.29, 0.717) is 19.0 Å². The van der Waals surface area contributed by atoms with Gasteiger partial charge in [0.25, 0.3) is 5.91 Å². The zero-order valence-electron chi connectivity index (χ0n) is 10.8. The topological polar surface area (TPSA) is 20.3 Å². The van der Waals surface area contributed by atoms with E-state index in [9.17, 15) is 13.6 Å². The lowest BCUT2D eigenvalue weighted by Crippen LogP contribution is -2.40. The van der Waals surface area contributed by atoms with Gasteiger partial charge in [-0.25, -0.2) is 8.78 Å². The lowest BCUT2D eigenvalue weighted by atomic mass is 9.95. The van der Waals surface area contributed by atoms with E-state index >= 15 is 0 Å². The largest absolute Gasteiger partial charge is 0.338 e. The van der Waals surface area contributed by atoms with Gasteiger partial charge in [-0.05, 0) is 37.3 Å². The Bertz CT molecular complexity index is 510. The van der Waals surface area contributed by atoms with Crippen LogP contribution in [0.4, 0.5) is 8.78 Å². The first kappa shape index (κ1) is 15.7. The fraction of sp³-hybridized carbons (Fsp3) is 0.500. The number of hydrogen-bond donors (Lipinski definition) is 0. The predicted molar refractivity (Wildman–Crippen MR) is 78.4 cm³/mol. The van der Waals surface area contributed by atoms with Gasteiger partial charge < -0.3 is 4.90 Å². The van der Waals surface area contributed by atoms with Crippen molar-refractivity contribution in [1.29, 1.82) is 0 Å². The van der Waals surface area contributed by atoms with E-state index in [0.717, 1.165) is 36.7 Å². The zero-order chi connectivity index (χ0) is 14.7. The van der Waals surface area contributed by atoms with E-state index in [-0.39, 0.29) is 10.6 Å². The molecule has 1 unspecified atom stereocenters. The van der Waals surface area contributed by atoms with Crippen LogP contribution in [0.1, 0.15) is 29.6 Å². The molecule has 1 fully saturated rings. The number of nitrogens with zero attached hydrogens (tertiary/aromatic N) is 1. The van der Waals surface area contributed by atoms with Crippen molar-refractivity contribution in [1.82, 2.24) is 4.90 Å². The predicted octanol–water partition coefficient (Wildman–Crippen LogP) is 4.26. The normalized spacial score (nSPS) is 19.2. The van der Waals surface area contributed by atoms with Crippen LogP contribution in [-0.4, -0.2) is 29.2 Å². The number of hydrogen-bond acceptors (Lipinski definition) is 1. The lowest BCUT2D eigenvalue weighted by Gasteiger charge is -2.32. The fourth-order valence-electron chi connectivity index (χ4n) is 2.50. The first-order chi connectivity index (χ1) is 9.52. The minimum absolute atomic E-state index is 0.244. The van der Waals surface area contributed by atoms with Crippen LogP contribution >= 0.6 is 27.5 Å². The lowest BCUT2D eigenvalue weighted by molar-refractivity contribution is 0.0666. The molecule has 0 aromatic heterocycles. The summed E-state index contributed by atoms with van der Waals surface area (Å²) in [7, 11) is 0. The third-order valence-electron chi connectivity index (χ3n) is 3.56. The van der Waals surface area contributed by atoms with Crippen molar-refractivity contribution >= 4 is 33.4 Å². The van der Waals surface area contributed by atoms with E-state index < -0.39 is 17.5 Å². The van der Waals surface area contributed by atoms with E-state index in [4.69, 9.17) is 11.6 Å². The molecule has 1 heterocycles. The number of alkyl halides is 1. The van der Waals surface area contributed by atoms with Crippen LogP contribution < -0.4 is 0 Å². The maximum atomic E-state index is 13.8. The Kier molecular flexibility index (Phi) is 5.38. The van der Waals surface area contributed by atoms with Crippen LogP contribution in [0.3, 0.4) is 0 Å². The van der Waals surface area contributed by atoms with Gasteiger partial charge in [0.1, 0.15) is 11.6 Å². The quantitative estimate of drug-likeness (QED) is 0.578.